The summed E-state index contributed by atoms with van der Waals surface area (Å²) in [6.45, 7) is 0. The standard InChI is InChI=1S/C13H11BrN2O3S/c14-7-5-9(16(6-7)8-1-2-8)12(17)15-11-4-3-10(20-11)13(18)19/h3-6,8H,1-2H2,(H,15,17)(H,18,19). The molecule has 2 aromatic heterocycles. The van der Waals surface area contributed by atoms with Crippen molar-refractivity contribution in [3.05, 3.63) is 39.4 Å². The molecule has 1 aliphatic rings. The van der Waals surface area contributed by atoms with E-state index in [1.54, 1.807) is 12.1 Å². The Kier molecular flexibility index (Phi) is 3.39. The minimum absolute atomic E-state index is 0.207. The number of aromatic nitrogens is 1. The summed E-state index contributed by atoms with van der Waals surface area (Å²) in [4.78, 5) is 23.3. The maximum atomic E-state index is 12.3. The summed E-state index contributed by atoms with van der Waals surface area (Å²) in [5.41, 5.74) is 0.588. The number of hydrogen-bond acceptors (Lipinski definition) is 3. The third-order valence-electron chi connectivity index (χ3n) is 3.04. The fourth-order valence-corrected chi connectivity index (χ4v) is 3.16. The van der Waals surface area contributed by atoms with Crippen molar-refractivity contribution < 1.29 is 14.7 Å². The van der Waals surface area contributed by atoms with Crippen molar-refractivity contribution >= 4 is 44.1 Å². The molecular weight excluding hydrogens is 344 g/mol. The zero-order valence-corrected chi connectivity index (χ0v) is 12.7. The largest absolute Gasteiger partial charge is 0.477 e. The van der Waals surface area contributed by atoms with Crippen LogP contribution < -0.4 is 5.32 Å². The minimum Gasteiger partial charge on any atom is -0.477 e. The second-order valence-corrected chi connectivity index (χ2v) is 6.60. The van der Waals surface area contributed by atoms with Gasteiger partial charge in [-0.3, -0.25) is 4.79 Å². The van der Waals surface area contributed by atoms with Crippen LogP contribution in [-0.4, -0.2) is 21.6 Å². The summed E-state index contributed by atoms with van der Waals surface area (Å²) in [6.07, 6.45) is 4.08. The molecule has 3 rings (SSSR count). The lowest BCUT2D eigenvalue weighted by molar-refractivity contribution is 0.0702. The molecule has 0 aromatic carbocycles. The highest BCUT2D eigenvalue weighted by atomic mass is 79.9. The van der Waals surface area contributed by atoms with Gasteiger partial charge in [0.1, 0.15) is 10.6 Å². The Balaban J connectivity index is 1.80. The summed E-state index contributed by atoms with van der Waals surface area (Å²) < 4.78 is 2.83. The molecule has 1 fully saturated rings. The third kappa shape index (κ3) is 2.64. The highest BCUT2D eigenvalue weighted by Crippen LogP contribution is 2.37. The predicted molar refractivity (Wildman–Crippen MR) is 79.6 cm³/mol. The molecule has 0 aliphatic heterocycles. The average Bonchev–Trinajstić information content (AvgIpc) is 3.00. The summed E-state index contributed by atoms with van der Waals surface area (Å²) >= 11 is 4.43. The van der Waals surface area contributed by atoms with E-state index < -0.39 is 5.97 Å². The highest BCUT2D eigenvalue weighted by Gasteiger charge is 2.27. The molecule has 1 aliphatic carbocycles. The molecule has 2 heterocycles. The van der Waals surface area contributed by atoms with Crippen LogP contribution in [0, 0.1) is 0 Å². The summed E-state index contributed by atoms with van der Waals surface area (Å²) in [6, 6.07) is 5.27. The van der Waals surface area contributed by atoms with Crippen molar-refractivity contribution in [2.45, 2.75) is 18.9 Å². The van der Waals surface area contributed by atoms with E-state index in [0.717, 1.165) is 28.7 Å². The number of thiophene rings is 1. The molecule has 7 heteroatoms. The number of anilines is 1. The summed E-state index contributed by atoms with van der Waals surface area (Å²) in [5, 5.41) is 12.1. The molecule has 0 saturated heterocycles. The fraction of sp³-hybridized carbons (Fsp3) is 0.231. The van der Waals surface area contributed by atoms with E-state index in [1.165, 1.54) is 6.07 Å². The van der Waals surface area contributed by atoms with Crippen molar-refractivity contribution in [1.82, 2.24) is 4.57 Å². The summed E-state index contributed by atoms with van der Waals surface area (Å²) in [7, 11) is 0. The van der Waals surface area contributed by atoms with Crippen LogP contribution in [0.2, 0.25) is 0 Å². The number of carbonyl (C=O) groups is 2. The number of carbonyl (C=O) groups excluding carboxylic acids is 1. The highest BCUT2D eigenvalue weighted by molar-refractivity contribution is 9.10. The monoisotopic (exact) mass is 354 g/mol. The van der Waals surface area contributed by atoms with Crippen molar-refractivity contribution in [2.24, 2.45) is 0 Å². The maximum absolute atomic E-state index is 12.3. The van der Waals surface area contributed by atoms with Crippen LogP contribution in [0.5, 0.6) is 0 Å². The number of aromatic carboxylic acids is 1. The fourth-order valence-electron chi connectivity index (χ4n) is 1.98. The SMILES string of the molecule is O=C(O)c1ccc(NC(=O)c2cc(Br)cn2C2CC2)s1. The lowest BCUT2D eigenvalue weighted by Gasteiger charge is -2.07. The third-order valence-corrected chi connectivity index (χ3v) is 4.46. The van der Waals surface area contributed by atoms with Gasteiger partial charge in [-0.05, 0) is 47.0 Å². The quantitative estimate of drug-likeness (QED) is 0.880. The van der Waals surface area contributed by atoms with Crippen LogP contribution in [0.25, 0.3) is 0 Å². The number of carboxylic acids is 1. The van der Waals surface area contributed by atoms with Gasteiger partial charge in [0.25, 0.3) is 5.91 Å². The second-order valence-electron chi connectivity index (χ2n) is 4.61. The van der Waals surface area contributed by atoms with Crippen LogP contribution in [0.1, 0.15) is 39.0 Å². The molecule has 2 N–H and O–H groups in total. The number of hydrogen-bond donors (Lipinski definition) is 2. The van der Waals surface area contributed by atoms with Crippen LogP contribution >= 0.6 is 27.3 Å². The van der Waals surface area contributed by atoms with E-state index in [0.29, 0.717) is 16.7 Å². The molecule has 0 spiro atoms. The zero-order chi connectivity index (χ0) is 14.3. The molecular formula is C13H11BrN2O3S. The van der Waals surface area contributed by atoms with E-state index in [1.807, 2.05) is 10.8 Å². The Morgan fingerprint density at radius 3 is 2.75 bits per heavy atom. The molecule has 104 valence electrons. The maximum Gasteiger partial charge on any atom is 0.345 e. The van der Waals surface area contributed by atoms with Gasteiger partial charge in [0.05, 0.1) is 5.00 Å². The van der Waals surface area contributed by atoms with Gasteiger partial charge in [-0.2, -0.15) is 0 Å². The van der Waals surface area contributed by atoms with Crippen LogP contribution in [-0.2, 0) is 0 Å². The molecule has 0 unspecified atom stereocenters. The first kappa shape index (κ1) is 13.4. The lowest BCUT2D eigenvalue weighted by Crippen LogP contribution is -2.15. The first-order chi connectivity index (χ1) is 9.54. The van der Waals surface area contributed by atoms with E-state index in [4.69, 9.17) is 5.11 Å². The summed E-state index contributed by atoms with van der Waals surface area (Å²) in [5.74, 6) is -1.21. The first-order valence-electron chi connectivity index (χ1n) is 6.06. The normalized spacial score (nSPS) is 14.2. The van der Waals surface area contributed by atoms with E-state index in [2.05, 4.69) is 21.2 Å². The van der Waals surface area contributed by atoms with Crippen molar-refractivity contribution in [3.63, 3.8) is 0 Å². The number of carboxylic acid groups (broad SMARTS) is 1. The van der Waals surface area contributed by atoms with Crippen molar-refractivity contribution in [1.29, 1.82) is 0 Å². The molecule has 20 heavy (non-hydrogen) atoms. The van der Waals surface area contributed by atoms with E-state index in [9.17, 15) is 9.59 Å². The number of nitrogens with one attached hydrogen (secondary N) is 1. The molecule has 0 bridgehead atoms. The second kappa shape index (κ2) is 5.06. The van der Waals surface area contributed by atoms with Crippen LogP contribution in [0.15, 0.2) is 28.9 Å². The van der Waals surface area contributed by atoms with Gasteiger partial charge in [0.15, 0.2) is 0 Å². The molecule has 5 nitrogen and oxygen atoms in total. The molecule has 1 saturated carbocycles. The van der Waals surface area contributed by atoms with Gasteiger partial charge in [-0.15, -0.1) is 11.3 Å². The predicted octanol–water partition coefficient (Wildman–Crippen LogP) is 3.60. The number of amides is 1. The Morgan fingerprint density at radius 1 is 1.40 bits per heavy atom. The van der Waals surface area contributed by atoms with E-state index in [-0.39, 0.29) is 10.8 Å². The van der Waals surface area contributed by atoms with Gasteiger partial charge in [0.2, 0.25) is 0 Å². The van der Waals surface area contributed by atoms with Crippen LogP contribution in [0.4, 0.5) is 5.00 Å². The van der Waals surface area contributed by atoms with Gasteiger partial charge < -0.3 is 15.0 Å². The Hall–Kier alpha value is -1.60. The molecule has 2 aromatic rings. The first-order valence-corrected chi connectivity index (χ1v) is 7.67. The molecule has 0 radical (unpaired) electrons. The lowest BCUT2D eigenvalue weighted by atomic mass is 10.4. The number of halogens is 1. The van der Waals surface area contributed by atoms with Gasteiger partial charge >= 0.3 is 5.97 Å². The number of nitrogens with zero attached hydrogens (tertiary/aromatic N) is 1. The Bertz CT molecular complexity index is 688. The van der Waals surface area contributed by atoms with E-state index >= 15 is 0 Å². The topological polar surface area (TPSA) is 71.3 Å². The average molecular weight is 355 g/mol. The van der Waals surface area contributed by atoms with Gasteiger partial charge in [-0.25, -0.2) is 4.79 Å². The van der Waals surface area contributed by atoms with Gasteiger partial charge in [-0.1, -0.05) is 0 Å². The van der Waals surface area contributed by atoms with Crippen molar-refractivity contribution in [3.8, 4) is 0 Å². The molecule has 1 amide bonds. The minimum atomic E-state index is -0.986. The molecule has 0 atom stereocenters. The Morgan fingerprint density at radius 2 is 2.15 bits per heavy atom. The smallest absolute Gasteiger partial charge is 0.345 e. The van der Waals surface area contributed by atoms with Crippen molar-refractivity contribution in [2.75, 3.05) is 5.32 Å². The van der Waals surface area contributed by atoms with Crippen LogP contribution in [0.3, 0.4) is 0 Å². The zero-order valence-electron chi connectivity index (χ0n) is 10.3. The Labute approximate surface area is 127 Å². The number of rotatable bonds is 4. The van der Waals surface area contributed by atoms with Gasteiger partial charge in [0, 0.05) is 16.7 Å².